The Hall–Kier alpha value is -3.41. The van der Waals surface area contributed by atoms with Crippen molar-refractivity contribution in [2.45, 2.75) is 0 Å². The van der Waals surface area contributed by atoms with Crippen molar-refractivity contribution in [2.24, 2.45) is 0 Å². The van der Waals surface area contributed by atoms with Gasteiger partial charge in [0.05, 0.1) is 16.8 Å². The highest BCUT2D eigenvalue weighted by atomic mass is 35.5. The molecule has 4 aromatic rings. The summed E-state index contributed by atoms with van der Waals surface area (Å²) in [5, 5.41) is 4.47. The number of amides is 1. The molecular weight excluding hydrogens is 435 g/mol. The molecule has 4 rings (SSSR count). The van der Waals surface area contributed by atoms with E-state index in [-0.39, 0.29) is 0 Å². The van der Waals surface area contributed by atoms with Gasteiger partial charge < -0.3 is 10.1 Å². The zero-order valence-corrected chi connectivity index (χ0v) is 17.7. The molecule has 0 aliphatic carbocycles. The number of para-hydroxylation sites is 1. The standard InChI is InChI=1S/C24H16Cl2N2O3/c25-16-7-5-15(6-8-16)22-13-20(19-3-1-2-4-21(19)28-22)24(30)31-14-23(29)27-18-11-9-17(26)10-12-18/h1-13H,14H2,(H,27,29). The summed E-state index contributed by atoms with van der Waals surface area (Å²) in [6.07, 6.45) is 0. The second kappa shape index (κ2) is 9.16. The Balaban J connectivity index is 1.55. The van der Waals surface area contributed by atoms with Gasteiger partial charge in [-0.1, -0.05) is 53.5 Å². The lowest BCUT2D eigenvalue weighted by atomic mass is 10.0. The van der Waals surface area contributed by atoms with Crippen LogP contribution in [0.3, 0.4) is 0 Å². The van der Waals surface area contributed by atoms with E-state index >= 15 is 0 Å². The molecule has 7 heteroatoms. The van der Waals surface area contributed by atoms with Crippen LogP contribution in [0.2, 0.25) is 10.0 Å². The number of fused-ring (bicyclic) bond motifs is 1. The molecule has 0 aliphatic heterocycles. The molecule has 0 saturated heterocycles. The second-order valence-corrected chi connectivity index (χ2v) is 7.58. The van der Waals surface area contributed by atoms with E-state index in [1.54, 1.807) is 48.5 Å². The fourth-order valence-electron chi connectivity index (χ4n) is 3.05. The number of benzene rings is 3. The topological polar surface area (TPSA) is 68.3 Å². The van der Waals surface area contributed by atoms with Gasteiger partial charge in [0.25, 0.3) is 5.91 Å². The average molecular weight is 451 g/mol. The van der Waals surface area contributed by atoms with Crippen LogP contribution in [0.15, 0.2) is 78.9 Å². The lowest BCUT2D eigenvalue weighted by Gasteiger charge is -2.10. The van der Waals surface area contributed by atoms with E-state index in [9.17, 15) is 9.59 Å². The molecule has 1 heterocycles. The van der Waals surface area contributed by atoms with E-state index in [1.165, 1.54) is 0 Å². The molecule has 0 saturated carbocycles. The van der Waals surface area contributed by atoms with E-state index in [0.717, 1.165) is 5.56 Å². The molecule has 0 atom stereocenters. The van der Waals surface area contributed by atoms with Gasteiger partial charge in [0.1, 0.15) is 0 Å². The van der Waals surface area contributed by atoms with Crippen molar-refractivity contribution in [3.05, 3.63) is 94.5 Å². The smallest absolute Gasteiger partial charge is 0.339 e. The number of nitrogens with one attached hydrogen (secondary N) is 1. The summed E-state index contributed by atoms with van der Waals surface area (Å²) >= 11 is 11.8. The maximum absolute atomic E-state index is 12.8. The first-order chi connectivity index (χ1) is 15.0. The summed E-state index contributed by atoms with van der Waals surface area (Å²) in [6, 6.07) is 22.7. The van der Waals surface area contributed by atoms with Crippen LogP contribution in [0.4, 0.5) is 5.69 Å². The SMILES string of the molecule is O=C(COC(=O)c1cc(-c2ccc(Cl)cc2)nc2ccccc12)Nc1ccc(Cl)cc1. The Labute approximate surface area is 188 Å². The summed E-state index contributed by atoms with van der Waals surface area (Å²) in [5.41, 5.74) is 2.95. The van der Waals surface area contributed by atoms with E-state index < -0.39 is 18.5 Å². The molecule has 1 amide bonds. The molecule has 3 aromatic carbocycles. The van der Waals surface area contributed by atoms with Crippen molar-refractivity contribution in [2.75, 3.05) is 11.9 Å². The lowest BCUT2D eigenvalue weighted by Crippen LogP contribution is -2.21. The molecule has 0 bridgehead atoms. The van der Waals surface area contributed by atoms with Crippen molar-refractivity contribution in [3.8, 4) is 11.3 Å². The molecular formula is C24H16Cl2N2O3. The van der Waals surface area contributed by atoms with Crippen molar-refractivity contribution in [1.29, 1.82) is 0 Å². The van der Waals surface area contributed by atoms with Gasteiger partial charge in [-0.05, 0) is 48.5 Å². The first-order valence-corrected chi connectivity index (χ1v) is 10.1. The number of carbonyl (C=O) groups is 2. The number of rotatable bonds is 5. The fourth-order valence-corrected chi connectivity index (χ4v) is 3.30. The van der Waals surface area contributed by atoms with E-state index in [0.29, 0.717) is 37.9 Å². The number of hydrogen-bond donors (Lipinski definition) is 1. The van der Waals surface area contributed by atoms with E-state index in [1.807, 2.05) is 30.3 Å². The molecule has 0 unspecified atom stereocenters. The third kappa shape index (κ3) is 5.02. The summed E-state index contributed by atoms with van der Waals surface area (Å²) in [4.78, 5) is 29.6. The first kappa shape index (κ1) is 20.8. The van der Waals surface area contributed by atoms with Crippen LogP contribution < -0.4 is 5.32 Å². The number of esters is 1. The Morgan fingerprint density at radius 2 is 1.52 bits per heavy atom. The number of aromatic nitrogens is 1. The zero-order valence-electron chi connectivity index (χ0n) is 16.1. The summed E-state index contributed by atoms with van der Waals surface area (Å²) in [5.74, 6) is -1.06. The Kier molecular flexibility index (Phi) is 6.16. The minimum absolute atomic E-state index is 0.329. The van der Waals surface area contributed by atoms with Gasteiger partial charge in [-0.15, -0.1) is 0 Å². The van der Waals surface area contributed by atoms with Crippen LogP contribution in [0.1, 0.15) is 10.4 Å². The van der Waals surface area contributed by atoms with Crippen molar-refractivity contribution in [3.63, 3.8) is 0 Å². The minimum atomic E-state index is -0.611. The van der Waals surface area contributed by atoms with Gasteiger partial charge >= 0.3 is 5.97 Å². The summed E-state index contributed by atoms with van der Waals surface area (Å²) < 4.78 is 5.28. The minimum Gasteiger partial charge on any atom is -0.452 e. The quantitative estimate of drug-likeness (QED) is 0.378. The second-order valence-electron chi connectivity index (χ2n) is 6.71. The van der Waals surface area contributed by atoms with Crippen LogP contribution in [0, 0.1) is 0 Å². The average Bonchev–Trinajstić information content (AvgIpc) is 2.79. The number of hydrogen-bond acceptors (Lipinski definition) is 4. The largest absolute Gasteiger partial charge is 0.452 e. The zero-order chi connectivity index (χ0) is 21.8. The van der Waals surface area contributed by atoms with Crippen LogP contribution in [-0.4, -0.2) is 23.5 Å². The molecule has 1 N–H and O–H groups in total. The predicted molar refractivity (Wildman–Crippen MR) is 123 cm³/mol. The molecule has 154 valence electrons. The summed E-state index contributed by atoms with van der Waals surface area (Å²) in [6.45, 7) is -0.422. The first-order valence-electron chi connectivity index (χ1n) is 9.38. The number of pyridine rings is 1. The van der Waals surface area contributed by atoms with Crippen LogP contribution in [-0.2, 0) is 9.53 Å². The van der Waals surface area contributed by atoms with Crippen LogP contribution in [0.5, 0.6) is 0 Å². The number of anilines is 1. The Bertz CT molecular complexity index is 1260. The molecule has 0 fully saturated rings. The van der Waals surface area contributed by atoms with E-state index in [4.69, 9.17) is 27.9 Å². The van der Waals surface area contributed by atoms with Crippen LogP contribution >= 0.6 is 23.2 Å². The number of carbonyl (C=O) groups excluding carboxylic acids is 2. The normalized spacial score (nSPS) is 10.6. The molecule has 5 nitrogen and oxygen atoms in total. The molecule has 1 aromatic heterocycles. The Morgan fingerprint density at radius 3 is 2.23 bits per heavy atom. The monoisotopic (exact) mass is 450 g/mol. The highest BCUT2D eigenvalue weighted by Gasteiger charge is 2.16. The third-order valence-electron chi connectivity index (χ3n) is 4.54. The van der Waals surface area contributed by atoms with E-state index in [2.05, 4.69) is 10.3 Å². The number of nitrogens with zero attached hydrogens (tertiary/aromatic N) is 1. The maximum Gasteiger partial charge on any atom is 0.339 e. The van der Waals surface area contributed by atoms with Crippen LogP contribution in [0.25, 0.3) is 22.2 Å². The van der Waals surface area contributed by atoms with Crippen molar-refractivity contribution < 1.29 is 14.3 Å². The summed E-state index contributed by atoms with van der Waals surface area (Å²) in [7, 11) is 0. The maximum atomic E-state index is 12.8. The highest BCUT2D eigenvalue weighted by Crippen LogP contribution is 2.26. The predicted octanol–water partition coefficient (Wildman–Crippen LogP) is 6.00. The van der Waals surface area contributed by atoms with Gasteiger partial charge in [-0.2, -0.15) is 0 Å². The molecule has 0 spiro atoms. The highest BCUT2D eigenvalue weighted by molar-refractivity contribution is 6.31. The number of ether oxygens (including phenoxy) is 1. The Morgan fingerprint density at radius 1 is 0.871 bits per heavy atom. The van der Waals surface area contributed by atoms with Gasteiger partial charge in [-0.3, -0.25) is 4.79 Å². The van der Waals surface area contributed by atoms with Crippen molar-refractivity contribution >= 4 is 51.7 Å². The molecule has 0 aliphatic rings. The third-order valence-corrected chi connectivity index (χ3v) is 5.04. The number of halogens is 2. The molecule has 0 radical (unpaired) electrons. The van der Waals surface area contributed by atoms with Crippen molar-refractivity contribution in [1.82, 2.24) is 4.98 Å². The fraction of sp³-hybridized carbons (Fsp3) is 0.0417. The van der Waals surface area contributed by atoms with Gasteiger partial charge in [-0.25, -0.2) is 9.78 Å². The lowest BCUT2D eigenvalue weighted by molar-refractivity contribution is -0.119. The van der Waals surface area contributed by atoms with Gasteiger partial charge in [0.15, 0.2) is 6.61 Å². The van der Waals surface area contributed by atoms with Gasteiger partial charge in [0.2, 0.25) is 0 Å². The van der Waals surface area contributed by atoms with Gasteiger partial charge in [0, 0.05) is 26.7 Å². The molecule has 31 heavy (non-hydrogen) atoms.